The zero-order valence-electron chi connectivity index (χ0n) is 16.4. The molecule has 2 aromatic carbocycles. The van der Waals surface area contributed by atoms with Crippen molar-refractivity contribution in [1.82, 2.24) is 15.1 Å². The lowest BCUT2D eigenvalue weighted by Gasteiger charge is -2.14. The zero-order valence-corrected chi connectivity index (χ0v) is 16.4. The number of hydrogen-bond acceptors (Lipinski definition) is 7. The van der Waals surface area contributed by atoms with Gasteiger partial charge in [-0.1, -0.05) is 35.5 Å². The maximum atomic E-state index is 12.8. The predicted molar refractivity (Wildman–Crippen MR) is 107 cm³/mol. The SMILES string of the molecule is Cc1nc(COc2ccccc2C(=O)O[C@@H](C)C(=O)c2c[nH]c3ccccc23)no1. The molecule has 152 valence electrons. The Morgan fingerprint density at radius 1 is 1.10 bits per heavy atom. The Hall–Kier alpha value is -3.94. The highest BCUT2D eigenvalue weighted by atomic mass is 16.5. The van der Waals surface area contributed by atoms with Gasteiger partial charge in [-0.05, 0) is 25.1 Å². The van der Waals surface area contributed by atoms with Gasteiger partial charge in [-0.15, -0.1) is 0 Å². The van der Waals surface area contributed by atoms with Crippen LogP contribution in [0.2, 0.25) is 0 Å². The van der Waals surface area contributed by atoms with Gasteiger partial charge in [0.25, 0.3) is 0 Å². The van der Waals surface area contributed by atoms with E-state index in [-0.39, 0.29) is 18.0 Å². The molecule has 0 aliphatic heterocycles. The van der Waals surface area contributed by atoms with Crippen molar-refractivity contribution in [3.8, 4) is 5.75 Å². The van der Waals surface area contributed by atoms with Crippen molar-refractivity contribution in [2.75, 3.05) is 0 Å². The number of benzene rings is 2. The molecule has 1 atom stereocenters. The van der Waals surface area contributed by atoms with E-state index in [0.29, 0.717) is 23.0 Å². The highest BCUT2D eigenvalue weighted by molar-refractivity contribution is 6.10. The molecular formula is C22H19N3O5. The van der Waals surface area contributed by atoms with Gasteiger partial charge in [0.2, 0.25) is 17.5 Å². The number of nitrogens with zero attached hydrogens (tertiary/aromatic N) is 2. The molecule has 0 aliphatic carbocycles. The number of ketones is 1. The predicted octanol–water partition coefficient (Wildman–Crippen LogP) is 3.87. The van der Waals surface area contributed by atoms with Crippen molar-refractivity contribution in [1.29, 1.82) is 0 Å². The lowest BCUT2D eigenvalue weighted by molar-refractivity contribution is 0.0315. The summed E-state index contributed by atoms with van der Waals surface area (Å²) in [5.41, 5.74) is 1.52. The third-order valence-corrected chi connectivity index (χ3v) is 4.54. The fourth-order valence-corrected chi connectivity index (χ4v) is 3.08. The molecule has 0 aliphatic rings. The van der Waals surface area contributed by atoms with E-state index >= 15 is 0 Å². The molecule has 0 radical (unpaired) electrons. The number of H-pyrrole nitrogens is 1. The first-order chi connectivity index (χ1) is 14.5. The number of carbonyl (C=O) groups excluding carboxylic acids is 2. The van der Waals surface area contributed by atoms with E-state index in [1.165, 1.54) is 0 Å². The van der Waals surface area contributed by atoms with Crippen LogP contribution >= 0.6 is 0 Å². The summed E-state index contributed by atoms with van der Waals surface area (Å²) in [5.74, 6) is 0.137. The van der Waals surface area contributed by atoms with E-state index in [1.807, 2.05) is 24.3 Å². The van der Waals surface area contributed by atoms with Crippen LogP contribution in [-0.2, 0) is 11.3 Å². The number of esters is 1. The molecule has 1 N–H and O–H groups in total. The zero-order chi connectivity index (χ0) is 21.1. The number of fused-ring (bicyclic) bond motifs is 1. The number of aryl methyl sites for hydroxylation is 1. The van der Waals surface area contributed by atoms with Crippen LogP contribution in [0.1, 0.15) is 39.4 Å². The van der Waals surface area contributed by atoms with E-state index in [0.717, 1.165) is 10.9 Å². The minimum Gasteiger partial charge on any atom is -0.485 e. The van der Waals surface area contributed by atoms with E-state index in [9.17, 15) is 9.59 Å². The summed E-state index contributed by atoms with van der Waals surface area (Å²) < 4.78 is 16.0. The van der Waals surface area contributed by atoms with Gasteiger partial charge in [-0.25, -0.2) is 4.79 Å². The van der Waals surface area contributed by atoms with Crippen LogP contribution in [0.25, 0.3) is 10.9 Å². The van der Waals surface area contributed by atoms with Crippen molar-refractivity contribution in [3.63, 3.8) is 0 Å². The van der Waals surface area contributed by atoms with Crippen molar-refractivity contribution in [2.24, 2.45) is 0 Å². The van der Waals surface area contributed by atoms with Crippen molar-refractivity contribution < 1.29 is 23.6 Å². The lowest BCUT2D eigenvalue weighted by Crippen LogP contribution is -2.24. The average molecular weight is 405 g/mol. The number of aromatic amines is 1. The molecule has 30 heavy (non-hydrogen) atoms. The maximum absolute atomic E-state index is 12.8. The molecule has 0 spiro atoms. The van der Waals surface area contributed by atoms with Crippen LogP contribution in [0.15, 0.2) is 59.3 Å². The highest BCUT2D eigenvalue weighted by Gasteiger charge is 2.24. The molecule has 8 heteroatoms. The second-order valence-corrected chi connectivity index (χ2v) is 6.67. The number of ether oxygens (including phenoxy) is 2. The summed E-state index contributed by atoms with van der Waals surface area (Å²) in [6.07, 6.45) is 0.658. The summed E-state index contributed by atoms with van der Waals surface area (Å²) in [6, 6.07) is 14.1. The minimum atomic E-state index is -0.968. The number of Topliss-reactive ketones (excluding diaryl/α,β-unsaturated/α-hetero) is 1. The highest BCUT2D eigenvalue weighted by Crippen LogP contribution is 2.23. The van der Waals surface area contributed by atoms with Crippen LogP contribution in [-0.4, -0.2) is 33.0 Å². The second-order valence-electron chi connectivity index (χ2n) is 6.67. The fraction of sp³-hybridized carbons (Fsp3) is 0.182. The van der Waals surface area contributed by atoms with Crippen LogP contribution < -0.4 is 4.74 Å². The summed E-state index contributed by atoms with van der Waals surface area (Å²) in [7, 11) is 0. The van der Waals surface area contributed by atoms with Crippen molar-refractivity contribution in [2.45, 2.75) is 26.6 Å². The Morgan fingerprint density at radius 2 is 1.87 bits per heavy atom. The van der Waals surface area contributed by atoms with E-state index < -0.39 is 12.1 Å². The van der Waals surface area contributed by atoms with E-state index in [1.54, 1.807) is 44.3 Å². The van der Waals surface area contributed by atoms with E-state index in [4.69, 9.17) is 14.0 Å². The fourth-order valence-electron chi connectivity index (χ4n) is 3.08. The van der Waals surface area contributed by atoms with Crippen LogP contribution in [0.3, 0.4) is 0 Å². The largest absolute Gasteiger partial charge is 0.485 e. The Balaban J connectivity index is 1.47. The normalized spacial score (nSPS) is 11.9. The van der Waals surface area contributed by atoms with Crippen LogP contribution in [0.4, 0.5) is 0 Å². The second kappa shape index (κ2) is 8.20. The van der Waals surface area contributed by atoms with Crippen LogP contribution in [0.5, 0.6) is 5.75 Å². The Morgan fingerprint density at radius 3 is 2.67 bits per heavy atom. The molecule has 0 amide bonds. The molecule has 4 rings (SSSR count). The first-order valence-electron chi connectivity index (χ1n) is 9.35. The lowest BCUT2D eigenvalue weighted by atomic mass is 10.1. The molecule has 0 bridgehead atoms. The van der Waals surface area contributed by atoms with Crippen LogP contribution in [0, 0.1) is 6.92 Å². The molecule has 2 heterocycles. The number of rotatable bonds is 7. The van der Waals surface area contributed by atoms with Gasteiger partial charge >= 0.3 is 5.97 Å². The molecule has 8 nitrogen and oxygen atoms in total. The average Bonchev–Trinajstić information content (AvgIpc) is 3.37. The smallest absolute Gasteiger partial charge is 0.342 e. The maximum Gasteiger partial charge on any atom is 0.342 e. The monoisotopic (exact) mass is 405 g/mol. The quantitative estimate of drug-likeness (QED) is 0.367. The summed E-state index contributed by atoms with van der Waals surface area (Å²) in [6.45, 7) is 3.26. The van der Waals surface area contributed by atoms with Crippen molar-refractivity contribution in [3.05, 3.63) is 77.6 Å². The summed E-state index contributed by atoms with van der Waals surface area (Å²) in [5, 5.41) is 4.54. The van der Waals surface area contributed by atoms with Gasteiger partial charge in [-0.3, -0.25) is 4.79 Å². The summed E-state index contributed by atoms with van der Waals surface area (Å²) >= 11 is 0. The topological polar surface area (TPSA) is 107 Å². The number of para-hydroxylation sites is 2. The number of aromatic nitrogens is 3. The van der Waals surface area contributed by atoms with Gasteiger partial charge in [0.15, 0.2) is 12.7 Å². The molecule has 4 aromatic rings. The van der Waals surface area contributed by atoms with Gasteiger partial charge in [0.05, 0.1) is 0 Å². The molecular weight excluding hydrogens is 386 g/mol. The molecule has 0 saturated carbocycles. The third kappa shape index (κ3) is 3.93. The Bertz CT molecular complexity index is 1210. The third-order valence-electron chi connectivity index (χ3n) is 4.54. The first kappa shape index (κ1) is 19.4. The van der Waals surface area contributed by atoms with E-state index in [2.05, 4.69) is 15.1 Å². The molecule has 0 fully saturated rings. The van der Waals surface area contributed by atoms with Gasteiger partial charge in [0, 0.05) is 29.6 Å². The number of carbonyl (C=O) groups is 2. The van der Waals surface area contributed by atoms with Gasteiger partial charge < -0.3 is 19.0 Å². The Kier molecular flexibility index (Phi) is 5.30. The number of hydrogen-bond donors (Lipinski definition) is 1. The minimum absolute atomic E-state index is 0.0332. The van der Waals surface area contributed by atoms with Gasteiger partial charge in [0.1, 0.15) is 11.3 Å². The standard InChI is InChI=1S/C22H19N3O5/c1-13(21(26)17-11-23-18-9-5-3-7-15(17)18)29-22(27)16-8-4-6-10-19(16)28-12-20-24-14(2)30-25-20/h3-11,13,23H,12H2,1-2H3/t13-/m0/s1. The first-order valence-corrected chi connectivity index (χ1v) is 9.35. The number of nitrogens with one attached hydrogen (secondary N) is 1. The summed E-state index contributed by atoms with van der Waals surface area (Å²) in [4.78, 5) is 32.7. The van der Waals surface area contributed by atoms with Gasteiger partial charge in [-0.2, -0.15) is 4.98 Å². The van der Waals surface area contributed by atoms with Crippen molar-refractivity contribution >= 4 is 22.7 Å². The Labute approximate surface area is 171 Å². The molecule has 0 saturated heterocycles. The molecule has 0 unspecified atom stereocenters. The molecule has 2 aromatic heterocycles.